The summed E-state index contributed by atoms with van der Waals surface area (Å²) in [5, 5.41) is 0. The lowest BCUT2D eigenvalue weighted by molar-refractivity contribution is -0.136. The van der Waals surface area contributed by atoms with Crippen molar-refractivity contribution in [3.63, 3.8) is 0 Å². The predicted octanol–water partition coefficient (Wildman–Crippen LogP) is 6.20. The van der Waals surface area contributed by atoms with Crippen LogP contribution in [-0.2, 0) is 9.53 Å². The molecule has 0 aliphatic carbocycles. The number of hydrogen-bond donors (Lipinski definition) is 0. The quantitative estimate of drug-likeness (QED) is 0.217. The van der Waals surface area contributed by atoms with E-state index in [9.17, 15) is 4.79 Å². The molecule has 2 nitrogen and oxygen atoms in total. The van der Waals surface area contributed by atoms with Crippen LogP contribution in [0.15, 0.2) is 11.6 Å². The standard InChI is InChI=1S/C19H36O2/c1-4-5-6-7-8-9-10-11-12-13-14-15-16-17-18(2)19(20)21-3/h17H,4-16H2,1-3H3. The molecule has 0 unspecified atom stereocenters. The third-order valence-electron chi connectivity index (χ3n) is 4.02. The first-order valence-corrected chi connectivity index (χ1v) is 8.97. The van der Waals surface area contributed by atoms with E-state index in [0.717, 1.165) is 12.0 Å². The Balaban J connectivity index is 3.21. The van der Waals surface area contributed by atoms with E-state index in [4.69, 9.17) is 0 Å². The van der Waals surface area contributed by atoms with Crippen molar-refractivity contribution in [3.05, 3.63) is 11.6 Å². The smallest absolute Gasteiger partial charge is 0.333 e. The summed E-state index contributed by atoms with van der Waals surface area (Å²) in [7, 11) is 1.43. The van der Waals surface area contributed by atoms with Gasteiger partial charge in [0.15, 0.2) is 0 Å². The highest BCUT2D eigenvalue weighted by atomic mass is 16.5. The minimum Gasteiger partial charge on any atom is -0.466 e. The zero-order valence-electron chi connectivity index (χ0n) is 14.6. The van der Waals surface area contributed by atoms with Gasteiger partial charge in [-0.1, -0.05) is 83.6 Å². The normalized spacial score (nSPS) is 11.7. The molecule has 0 heterocycles. The maximum absolute atomic E-state index is 11.2. The number of unbranched alkanes of at least 4 members (excludes halogenated alkanes) is 12. The van der Waals surface area contributed by atoms with Gasteiger partial charge in [-0.2, -0.15) is 0 Å². The van der Waals surface area contributed by atoms with Crippen LogP contribution in [0.2, 0.25) is 0 Å². The van der Waals surface area contributed by atoms with Crippen molar-refractivity contribution in [3.8, 4) is 0 Å². The maximum atomic E-state index is 11.2. The summed E-state index contributed by atoms with van der Waals surface area (Å²) < 4.78 is 4.67. The van der Waals surface area contributed by atoms with E-state index in [0.29, 0.717) is 0 Å². The van der Waals surface area contributed by atoms with E-state index in [2.05, 4.69) is 11.7 Å². The van der Waals surface area contributed by atoms with Gasteiger partial charge in [0.2, 0.25) is 0 Å². The zero-order valence-corrected chi connectivity index (χ0v) is 14.6. The first-order valence-electron chi connectivity index (χ1n) is 8.97. The molecule has 0 radical (unpaired) electrons. The Kier molecular flexibility index (Phi) is 15.0. The molecule has 0 aromatic rings. The van der Waals surface area contributed by atoms with E-state index in [1.165, 1.54) is 84.2 Å². The molecule has 0 bridgehead atoms. The Hall–Kier alpha value is -0.790. The number of allylic oxidation sites excluding steroid dienone is 1. The lowest BCUT2D eigenvalue weighted by Crippen LogP contribution is -2.01. The summed E-state index contributed by atoms with van der Waals surface area (Å²) >= 11 is 0. The molecule has 0 rings (SSSR count). The van der Waals surface area contributed by atoms with Crippen molar-refractivity contribution >= 4 is 5.97 Å². The second-order valence-electron chi connectivity index (χ2n) is 6.06. The van der Waals surface area contributed by atoms with Crippen LogP contribution in [0.25, 0.3) is 0 Å². The van der Waals surface area contributed by atoms with Gasteiger partial charge in [-0.3, -0.25) is 0 Å². The van der Waals surface area contributed by atoms with Crippen molar-refractivity contribution in [1.82, 2.24) is 0 Å². The van der Waals surface area contributed by atoms with Gasteiger partial charge in [-0.05, 0) is 19.8 Å². The number of carbonyl (C=O) groups is 1. The molecule has 124 valence electrons. The number of hydrogen-bond acceptors (Lipinski definition) is 2. The molecule has 21 heavy (non-hydrogen) atoms. The molecule has 0 aromatic carbocycles. The first-order chi connectivity index (χ1) is 10.2. The van der Waals surface area contributed by atoms with Crippen LogP contribution in [-0.4, -0.2) is 13.1 Å². The molecule has 0 fully saturated rings. The second-order valence-corrected chi connectivity index (χ2v) is 6.06. The topological polar surface area (TPSA) is 26.3 Å². The highest BCUT2D eigenvalue weighted by molar-refractivity contribution is 5.87. The number of ether oxygens (including phenoxy) is 1. The predicted molar refractivity (Wildman–Crippen MR) is 91.5 cm³/mol. The van der Waals surface area contributed by atoms with Crippen LogP contribution >= 0.6 is 0 Å². The Morgan fingerprint density at radius 2 is 1.24 bits per heavy atom. The van der Waals surface area contributed by atoms with Crippen LogP contribution in [0.5, 0.6) is 0 Å². The highest BCUT2D eigenvalue weighted by Gasteiger charge is 2.01. The molecule has 0 saturated heterocycles. The van der Waals surface area contributed by atoms with Gasteiger partial charge < -0.3 is 4.74 Å². The van der Waals surface area contributed by atoms with Crippen molar-refractivity contribution in [1.29, 1.82) is 0 Å². The summed E-state index contributed by atoms with van der Waals surface area (Å²) in [4.78, 5) is 11.2. The fourth-order valence-corrected chi connectivity index (χ4v) is 2.55. The largest absolute Gasteiger partial charge is 0.466 e. The summed E-state index contributed by atoms with van der Waals surface area (Å²) in [5.74, 6) is -0.200. The lowest BCUT2D eigenvalue weighted by atomic mass is 10.0. The minimum absolute atomic E-state index is 0.200. The van der Waals surface area contributed by atoms with Crippen molar-refractivity contribution < 1.29 is 9.53 Å². The van der Waals surface area contributed by atoms with Gasteiger partial charge in [0.1, 0.15) is 0 Å². The second kappa shape index (κ2) is 15.6. The lowest BCUT2D eigenvalue weighted by Gasteiger charge is -2.02. The van der Waals surface area contributed by atoms with Gasteiger partial charge >= 0.3 is 5.97 Å². The Morgan fingerprint density at radius 3 is 1.67 bits per heavy atom. The van der Waals surface area contributed by atoms with Crippen LogP contribution in [0, 0.1) is 0 Å². The summed E-state index contributed by atoms with van der Waals surface area (Å²) in [5.41, 5.74) is 0.737. The molecule has 0 atom stereocenters. The number of esters is 1. The molecule has 0 N–H and O–H groups in total. The highest BCUT2D eigenvalue weighted by Crippen LogP contribution is 2.13. The van der Waals surface area contributed by atoms with Gasteiger partial charge in [0, 0.05) is 5.57 Å². The first kappa shape index (κ1) is 20.2. The fourth-order valence-electron chi connectivity index (χ4n) is 2.55. The van der Waals surface area contributed by atoms with Gasteiger partial charge in [-0.25, -0.2) is 4.79 Å². The molecule has 0 saturated carbocycles. The van der Waals surface area contributed by atoms with E-state index in [-0.39, 0.29) is 5.97 Å². The third kappa shape index (κ3) is 13.9. The molecular formula is C19H36O2. The minimum atomic E-state index is -0.200. The summed E-state index contributed by atoms with van der Waals surface area (Å²) in [6, 6.07) is 0. The van der Waals surface area contributed by atoms with E-state index >= 15 is 0 Å². The van der Waals surface area contributed by atoms with Crippen molar-refractivity contribution in [2.75, 3.05) is 7.11 Å². The average molecular weight is 296 g/mol. The van der Waals surface area contributed by atoms with Crippen LogP contribution < -0.4 is 0 Å². The zero-order chi connectivity index (χ0) is 15.8. The summed E-state index contributed by atoms with van der Waals surface area (Å²) in [6.07, 6.45) is 19.4. The number of rotatable bonds is 14. The third-order valence-corrected chi connectivity index (χ3v) is 4.02. The monoisotopic (exact) mass is 296 g/mol. The van der Waals surface area contributed by atoms with E-state index < -0.39 is 0 Å². The molecule has 0 aliphatic heterocycles. The molecule has 0 aromatic heterocycles. The maximum Gasteiger partial charge on any atom is 0.333 e. The number of carbonyl (C=O) groups excluding carboxylic acids is 1. The Morgan fingerprint density at radius 1 is 0.810 bits per heavy atom. The number of methoxy groups -OCH3 is 1. The fraction of sp³-hybridized carbons (Fsp3) is 0.842. The Bertz CT molecular complexity index is 269. The van der Waals surface area contributed by atoms with E-state index in [1.807, 2.05) is 13.0 Å². The van der Waals surface area contributed by atoms with Gasteiger partial charge in [0.05, 0.1) is 7.11 Å². The molecule has 0 aliphatic rings. The van der Waals surface area contributed by atoms with Crippen molar-refractivity contribution in [2.45, 2.75) is 97.3 Å². The van der Waals surface area contributed by atoms with Gasteiger partial charge in [0.25, 0.3) is 0 Å². The molecule has 0 spiro atoms. The average Bonchev–Trinajstić information content (AvgIpc) is 2.50. The molecule has 2 heteroatoms. The SMILES string of the molecule is CCCCCCCCCCCCCCC=C(C)C(=O)OC. The van der Waals surface area contributed by atoms with Crippen LogP contribution in [0.4, 0.5) is 0 Å². The van der Waals surface area contributed by atoms with Crippen LogP contribution in [0.1, 0.15) is 97.3 Å². The molecule has 0 amide bonds. The molecular weight excluding hydrogens is 260 g/mol. The van der Waals surface area contributed by atoms with E-state index in [1.54, 1.807) is 0 Å². The van der Waals surface area contributed by atoms with Crippen LogP contribution in [0.3, 0.4) is 0 Å². The Labute approximate surface area is 132 Å². The van der Waals surface area contributed by atoms with Gasteiger partial charge in [-0.15, -0.1) is 0 Å². The summed E-state index contributed by atoms with van der Waals surface area (Å²) in [6.45, 7) is 4.10. The van der Waals surface area contributed by atoms with Crippen molar-refractivity contribution in [2.24, 2.45) is 0 Å².